The predicted molar refractivity (Wildman–Crippen MR) is 35.8 cm³/mol. The van der Waals surface area contributed by atoms with Gasteiger partial charge in [0, 0.05) is 7.85 Å². The maximum absolute atomic E-state index is 11.0. The van der Waals surface area contributed by atoms with E-state index >= 15 is 0 Å². The molecule has 0 saturated heterocycles. The second-order valence-corrected chi connectivity index (χ2v) is 2.40. The van der Waals surface area contributed by atoms with Gasteiger partial charge in [0.15, 0.2) is 11.5 Å². The number of hydrogen-bond acceptors (Lipinski definition) is 3. The maximum atomic E-state index is 11.0. The van der Waals surface area contributed by atoms with Gasteiger partial charge in [-0.25, -0.2) is 0 Å². The van der Waals surface area contributed by atoms with E-state index in [-0.39, 0.29) is 7.21 Å². The molecule has 0 aromatic carbocycles. The first-order valence-electron chi connectivity index (χ1n) is 3.31. The Bertz CT molecular complexity index is 271. The zero-order chi connectivity index (χ0) is 6.97. The molecule has 2 rings (SSSR count). The summed E-state index contributed by atoms with van der Waals surface area (Å²) in [4.78, 5) is 11.0. The van der Waals surface area contributed by atoms with Crippen LogP contribution in [0.1, 0.15) is 30.5 Å². The first-order chi connectivity index (χ1) is 4.88. The zero-order valence-electron chi connectivity index (χ0n) is 5.42. The van der Waals surface area contributed by atoms with Crippen LogP contribution in [0.5, 0.6) is 0 Å². The van der Waals surface area contributed by atoms with Crippen molar-refractivity contribution in [1.29, 1.82) is 0 Å². The molecule has 0 aliphatic heterocycles. The van der Waals surface area contributed by atoms with E-state index in [2.05, 4.69) is 15.4 Å². The van der Waals surface area contributed by atoms with Gasteiger partial charge in [-0.3, -0.25) is 4.79 Å². The molecule has 54 valence electrons. The lowest BCUT2D eigenvalue weighted by molar-refractivity contribution is 0.0967. The minimum absolute atomic E-state index is 0. The fraction of sp³-hybridized carbons (Fsp3) is 0.500. The number of carbonyl (C=O) groups is 1. The van der Waals surface area contributed by atoms with Crippen LogP contribution in [0.4, 0.5) is 0 Å². The number of aromatic amines is 1. The Morgan fingerprint density at radius 2 is 2.30 bits per heavy atom. The highest BCUT2D eigenvalue weighted by molar-refractivity contribution is 5.95. The molecule has 1 aromatic heterocycles. The first-order valence-corrected chi connectivity index (χ1v) is 3.31. The smallest absolute Gasteiger partial charge is 0.185 e. The van der Waals surface area contributed by atoms with Gasteiger partial charge in [-0.05, 0) is 12.8 Å². The van der Waals surface area contributed by atoms with E-state index in [9.17, 15) is 4.79 Å². The monoisotopic (exact) mass is 139 g/mol. The van der Waals surface area contributed by atoms with Gasteiger partial charge in [-0.15, -0.1) is 0 Å². The molecule has 0 amide bonds. The van der Waals surface area contributed by atoms with Crippen molar-refractivity contribution in [3.63, 3.8) is 0 Å². The number of hydrogen-bond donors (Lipinski definition) is 1. The van der Waals surface area contributed by atoms with Gasteiger partial charge in [0.1, 0.15) is 0 Å². The fourth-order valence-corrected chi connectivity index (χ4v) is 1.19. The van der Waals surface area contributed by atoms with Gasteiger partial charge in [0.05, 0.1) is 5.69 Å². The standard InChI is InChI=1S/C6H7N3O.H2/c10-5-3-1-2-4-6(5)8-9-7-4;/h1-3H2,(H,7,8,9);1H. The Hall–Kier alpha value is -1.19. The van der Waals surface area contributed by atoms with E-state index < -0.39 is 0 Å². The van der Waals surface area contributed by atoms with Crippen molar-refractivity contribution in [2.24, 2.45) is 0 Å². The number of Topliss-reactive ketones (excluding diaryl/α,β-unsaturated/α-hetero) is 1. The van der Waals surface area contributed by atoms with Crippen molar-refractivity contribution in [1.82, 2.24) is 15.4 Å². The molecule has 1 aromatic rings. The molecule has 4 heteroatoms. The first kappa shape index (κ1) is 5.58. The van der Waals surface area contributed by atoms with Crippen molar-refractivity contribution in [2.45, 2.75) is 19.3 Å². The van der Waals surface area contributed by atoms with Crippen LogP contribution in [0.2, 0.25) is 0 Å². The Balaban J connectivity index is 0.000000605. The number of rotatable bonds is 0. The molecule has 10 heavy (non-hydrogen) atoms. The SMILES string of the molecule is O=C1CCCc2n[nH]nc21.[HH]. The Morgan fingerprint density at radius 1 is 1.40 bits per heavy atom. The molecule has 0 spiro atoms. The molecule has 0 atom stereocenters. The van der Waals surface area contributed by atoms with E-state index in [4.69, 9.17) is 0 Å². The maximum Gasteiger partial charge on any atom is 0.185 e. The lowest BCUT2D eigenvalue weighted by atomic mass is 10.0. The number of ketones is 1. The lowest BCUT2D eigenvalue weighted by Gasteiger charge is -2.04. The largest absolute Gasteiger partial charge is 0.292 e. The molecule has 1 aliphatic carbocycles. The molecule has 0 fully saturated rings. The molecule has 1 aliphatic rings. The van der Waals surface area contributed by atoms with Crippen molar-refractivity contribution >= 4 is 5.78 Å². The molecule has 1 N–H and O–H groups in total. The second kappa shape index (κ2) is 1.90. The summed E-state index contributed by atoms with van der Waals surface area (Å²) in [5, 5.41) is 10.1. The van der Waals surface area contributed by atoms with Gasteiger partial charge in [0.2, 0.25) is 0 Å². The van der Waals surface area contributed by atoms with E-state index in [1.807, 2.05) is 0 Å². The average Bonchev–Trinajstić information content (AvgIpc) is 2.36. The summed E-state index contributed by atoms with van der Waals surface area (Å²) in [6.45, 7) is 0. The highest BCUT2D eigenvalue weighted by Crippen LogP contribution is 2.15. The average molecular weight is 139 g/mol. The highest BCUT2D eigenvalue weighted by Gasteiger charge is 2.20. The van der Waals surface area contributed by atoms with Crippen LogP contribution in [0, 0.1) is 0 Å². The fourth-order valence-electron chi connectivity index (χ4n) is 1.19. The van der Waals surface area contributed by atoms with E-state index in [0.717, 1.165) is 18.5 Å². The van der Waals surface area contributed by atoms with Crippen molar-refractivity contribution in [2.75, 3.05) is 0 Å². The summed E-state index contributed by atoms with van der Waals surface area (Å²) < 4.78 is 0. The van der Waals surface area contributed by atoms with Crippen LogP contribution >= 0.6 is 0 Å². The number of H-pyrrole nitrogens is 1. The lowest BCUT2D eigenvalue weighted by Crippen LogP contribution is -2.09. The third-order valence-corrected chi connectivity index (χ3v) is 1.70. The quantitative estimate of drug-likeness (QED) is 0.571. The molecule has 0 radical (unpaired) electrons. The number of aryl methyl sites for hydroxylation is 1. The predicted octanol–water partition coefficient (Wildman–Crippen LogP) is 0.570. The van der Waals surface area contributed by atoms with Crippen molar-refractivity contribution in [3.05, 3.63) is 11.4 Å². The van der Waals surface area contributed by atoms with E-state index in [1.165, 1.54) is 0 Å². The number of nitrogens with one attached hydrogen (secondary N) is 1. The van der Waals surface area contributed by atoms with Crippen LogP contribution in [-0.4, -0.2) is 21.2 Å². The summed E-state index contributed by atoms with van der Waals surface area (Å²) in [7, 11) is 0. The molecule has 0 unspecified atom stereocenters. The van der Waals surface area contributed by atoms with E-state index in [0.29, 0.717) is 12.1 Å². The van der Waals surface area contributed by atoms with Crippen LogP contribution in [0.25, 0.3) is 0 Å². The van der Waals surface area contributed by atoms with Crippen molar-refractivity contribution in [3.8, 4) is 0 Å². The van der Waals surface area contributed by atoms with E-state index in [1.54, 1.807) is 0 Å². The van der Waals surface area contributed by atoms with Gasteiger partial charge in [0.25, 0.3) is 0 Å². The van der Waals surface area contributed by atoms with Gasteiger partial charge < -0.3 is 0 Å². The summed E-state index contributed by atoms with van der Waals surface area (Å²) in [6, 6.07) is 0. The van der Waals surface area contributed by atoms with Crippen molar-refractivity contribution < 1.29 is 6.22 Å². The van der Waals surface area contributed by atoms with Gasteiger partial charge >= 0.3 is 0 Å². The minimum atomic E-state index is 0. The molecule has 1 heterocycles. The van der Waals surface area contributed by atoms with Gasteiger partial charge in [-0.2, -0.15) is 15.4 Å². The Kier molecular flexibility index (Phi) is 1.06. The topological polar surface area (TPSA) is 58.6 Å². The molecule has 4 nitrogen and oxygen atoms in total. The number of carbonyl (C=O) groups excluding carboxylic acids is 1. The normalized spacial score (nSPS) is 17.0. The summed E-state index contributed by atoms with van der Waals surface area (Å²) in [6.07, 6.45) is 2.43. The Morgan fingerprint density at radius 3 is 3.10 bits per heavy atom. The van der Waals surface area contributed by atoms with Crippen LogP contribution in [0.15, 0.2) is 0 Å². The van der Waals surface area contributed by atoms with Crippen LogP contribution in [-0.2, 0) is 6.42 Å². The summed E-state index contributed by atoms with van der Waals surface area (Å²) in [5.74, 6) is 0.120. The third-order valence-electron chi connectivity index (χ3n) is 1.70. The molecule has 0 bridgehead atoms. The summed E-state index contributed by atoms with van der Waals surface area (Å²) in [5.41, 5.74) is 1.38. The third kappa shape index (κ3) is 0.650. The molecular formula is C6H9N3O. The zero-order valence-corrected chi connectivity index (χ0v) is 5.42. The summed E-state index contributed by atoms with van der Waals surface area (Å²) >= 11 is 0. The highest BCUT2D eigenvalue weighted by atomic mass is 16.1. The Labute approximate surface area is 59.1 Å². The second-order valence-electron chi connectivity index (χ2n) is 2.40. The number of aromatic nitrogens is 3. The van der Waals surface area contributed by atoms with Crippen LogP contribution < -0.4 is 0 Å². The minimum Gasteiger partial charge on any atom is -0.292 e. The number of fused-ring (bicyclic) bond motifs is 1. The van der Waals surface area contributed by atoms with Crippen LogP contribution in [0.3, 0.4) is 0 Å². The molecule has 0 saturated carbocycles. The number of nitrogens with zero attached hydrogens (tertiary/aromatic N) is 2. The molecular weight excluding hydrogens is 130 g/mol. The van der Waals surface area contributed by atoms with Gasteiger partial charge in [-0.1, -0.05) is 0 Å².